The van der Waals surface area contributed by atoms with Crippen LogP contribution in [0.4, 0.5) is 0 Å². The minimum Gasteiger partial charge on any atom is -0.497 e. The second kappa shape index (κ2) is 4.45. The van der Waals surface area contributed by atoms with Crippen LogP contribution in [0.5, 0.6) is 5.75 Å². The van der Waals surface area contributed by atoms with Crippen molar-refractivity contribution in [3.8, 4) is 5.75 Å². The molecule has 0 radical (unpaired) electrons. The van der Waals surface area contributed by atoms with Gasteiger partial charge in [-0.25, -0.2) is 0 Å². The van der Waals surface area contributed by atoms with Gasteiger partial charge < -0.3 is 4.74 Å². The predicted octanol–water partition coefficient (Wildman–Crippen LogP) is 5.34. The van der Waals surface area contributed by atoms with Gasteiger partial charge in [-0.2, -0.15) is 0 Å². The number of rotatable bonds is 3. The number of hydrogen-bond acceptors (Lipinski definition) is 1. The summed E-state index contributed by atoms with van der Waals surface area (Å²) in [4.78, 5) is 0. The van der Waals surface area contributed by atoms with Gasteiger partial charge in [0, 0.05) is 10.8 Å². The van der Waals surface area contributed by atoms with E-state index in [0.717, 1.165) is 17.6 Å². The minimum absolute atomic E-state index is 0.314. The molecular weight excluding hydrogens is 292 g/mol. The second-order valence-corrected chi connectivity index (χ2v) is 8.48. The highest BCUT2D eigenvalue weighted by Crippen LogP contribution is 2.94. The monoisotopic (exact) mass is 318 g/mol. The van der Waals surface area contributed by atoms with E-state index in [1.54, 1.807) is 12.7 Å². The third-order valence-electron chi connectivity index (χ3n) is 7.93. The molecule has 0 amide bonds. The summed E-state index contributed by atoms with van der Waals surface area (Å²) in [5, 5.41) is 0. The van der Waals surface area contributed by atoms with Crippen LogP contribution in [-0.4, -0.2) is 7.11 Å². The van der Waals surface area contributed by atoms with Gasteiger partial charge in [-0.3, -0.25) is 0 Å². The lowest BCUT2D eigenvalue weighted by molar-refractivity contribution is 0.120. The van der Waals surface area contributed by atoms with E-state index in [4.69, 9.17) is 4.74 Å². The first-order chi connectivity index (χ1) is 11.6. The molecule has 3 aliphatic rings. The van der Waals surface area contributed by atoms with Crippen LogP contribution < -0.4 is 4.74 Å². The predicted molar refractivity (Wildman–Crippen MR) is 97.4 cm³/mol. The van der Waals surface area contributed by atoms with Gasteiger partial charge in [0.05, 0.1) is 7.11 Å². The third-order valence-corrected chi connectivity index (χ3v) is 7.93. The Morgan fingerprint density at radius 1 is 0.792 bits per heavy atom. The van der Waals surface area contributed by atoms with Crippen molar-refractivity contribution in [2.24, 2.45) is 17.3 Å². The van der Waals surface area contributed by atoms with Crippen LogP contribution in [0, 0.1) is 17.3 Å². The molecular formula is C23H26O. The van der Waals surface area contributed by atoms with Gasteiger partial charge >= 0.3 is 0 Å². The van der Waals surface area contributed by atoms with Gasteiger partial charge in [-0.1, -0.05) is 62.7 Å². The normalized spacial score (nSPS) is 38.0. The van der Waals surface area contributed by atoms with Crippen molar-refractivity contribution in [1.29, 1.82) is 0 Å². The van der Waals surface area contributed by atoms with E-state index in [0.29, 0.717) is 16.2 Å². The highest BCUT2D eigenvalue weighted by Gasteiger charge is 2.95. The molecule has 0 saturated heterocycles. The molecule has 2 aromatic carbocycles. The van der Waals surface area contributed by atoms with Crippen molar-refractivity contribution in [1.82, 2.24) is 0 Å². The van der Waals surface area contributed by atoms with E-state index >= 15 is 0 Å². The molecule has 0 bridgehead atoms. The smallest absolute Gasteiger partial charge is 0.118 e. The Balaban J connectivity index is 1.71. The molecule has 0 N–H and O–H groups in total. The summed E-state index contributed by atoms with van der Waals surface area (Å²) in [5.74, 6) is 2.67. The molecule has 5 rings (SSSR count). The van der Waals surface area contributed by atoms with Crippen molar-refractivity contribution in [3.05, 3.63) is 65.7 Å². The number of hydrogen-bond donors (Lipinski definition) is 0. The molecule has 1 heteroatoms. The lowest BCUT2D eigenvalue weighted by Gasteiger charge is -2.49. The number of fused-ring (bicyclic) bond motifs is 4. The van der Waals surface area contributed by atoms with Gasteiger partial charge in [-0.05, 0) is 53.4 Å². The molecule has 0 unspecified atom stereocenters. The lowest BCUT2D eigenvalue weighted by atomic mass is 9.54. The summed E-state index contributed by atoms with van der Waals surface area (Å²) >= 11 is 0. The zero-order valence-electron chi connectivity index (χ0n) is 14.9. The van der Waals surface area contributed by atoms with E-state index in [-0.39, 0.29) is 0 Å². The molecule has 124 valence electrons. The average Bonchev–Trinajstić information content (AvgIpc) is 2.86. The fraction of sp³-hybridized carbons (Fsp3) is 0.478. The SMILES string of the molecule is COc1ccc([C@]23[C@@H]4CCC[C@@H]4[C@@]2(c2ccccc2)C3(C)C)cc1. The van der Waals surface area contributed by atoms with Gasteiger partial charge in [0.15, 0.2) is 0 Å². The van der Waals surface area contributed by atoms with Gasteiger partial charge in [0.2, 0.25) is 0 Å². The van der Waals surface area contributed by atoms with Crippen LogP contribution in [0.15, 0.2) is 54.6 Å². The number of methoxy groups -OCH3 is 1. The van der Waals surface area contributed by atoms with Crippen molar-refractivity contribution in [2.45, 2.75) is 43.9 Å². The molecule has 0 heterocycles. The van der Waals surface area contributed by atoms with Crippen LogP contribution in [-0.2, 0) is 10.8 Å². The molecule has 0 aliphatic heterocycles. The zero-order valence-corrected chi connectivity index (χ0v) is 14.9. The number of benzene rings is 2. The summed E-state index contributed by atoms with van der Waals surface area (Å²) in [6.07, 6.45) is 4.20. The van der Waals surface area contributed by atoms with Crippen molar-refractivity contribution < 1.29 is 4.74 Å². The first-order valence-corrected chi connectivity index (χ1v) is 9.32. The second-order valence-electron chi connectivity index (χ2n) is 8.48. The molecule has 3 fully saturated rings. The van der Waals surface area contributed by atoms with Crippen molar-refractivity contribution >= 4 is 0 Å². The molecule has 4 atom stereocenters. The Bertz CT molecular complexity index is 775. The standard InChI is InChI=1S/C23H26O/c1-21(2)22(16-8-5-4-6-9-16)19-10-7-11-20(19)23(21,22)17-12-14-18(24-3)15-13-17/h4-6,8-9,12-15,19-20H,7,10-11H2,1-3H3/t19-,20+,22-,23+/m0/s1. The maximum absolute atomic E-state index is 5.40. The van der Waals surface area contributed by atoms with Gasteiger partial charge in [-0.15, -0.1) is 0 Å². The molecule has 0 aromatic heterocycles. The fourth-order valence-corrected chi connectivity index (χ4v) is 7.52. The fourth-order valence-electron chi connectivity index (χ4n) is 7.52. The quantitative estimate of drug-likeness (QED) is 0.742. The highest BCUT2D eigenvalue weighted by molar-refractivity contribution is 5.64. The molecule has 0 spiro atoms. The molecule has 3 aliphatic carbocycles. The lowest BCUT2D eigenvalue weighted by Crippen LogP contribution is -2.49. The Morgan fingerprint density at radius 2 is 1.33 bits per heavy atom. The maximum atomic E-state index is 5.40. The van der Waals surface area contributed by atoms with Gasteiger partial charge in [0.25, 0.3) is 0 Å². The summed E-state index contributed by atoms with van der Waals surface area (Å²) in [6.45, 7) is 5.03. The minimum atomic E-state index is 0.314. The first-order valence-electron chi connectivity index (χ1n) is 9.32. The van der Waals surface area contributed by atoms with E-state index in [1.807, 2.05) is 0 Å². The summed E-state index contributed by atoms with van der Waals surface area (Å²) < 4.78 is 5.40. The molecule has 24 heavy (non-hydrogen) atoms. The summed E-state index contributed by atoms with van der Waals surface area (Å²) in [6, 6.07) is 20.3. The number of ether oxygens (including phenoxy) is 1. The molecule has 2 aromatic rings. The summed E-state index contributed by atoms with van der Waals surface area (Å²) in [7, 11) is 1.75. The van der Waals surface area contributed by atoms with Crippen LogP contribution in [0.25, 0.3) is 0 Å². The Morgan fingerprint density at radius 3 is 1.88 bits per heavy atom. The van der Waals surface area contributed by atoms with E-state index in [1.165, 1.54) is 24.8 Å². The maximum Gasteiger partial charge on any atom is 0.118 e. The Hall–Kier alpha value is -1.76. The van der Waals surface area contributed by atoms with E-state index in [2.05, 4.69) is 68.4 Å². The summed E-state index contributed by atoms with van der Waals surface area (Å²) in [5.41, 5.74) is 4.06. The molecule has 3 saturated carbocycles. The van der Waals surface area contributed by atoms with E-state index in [9.17, 15) is 0 Å². The zero-order chi connectivity index (χ0) is 16.6. The topological polar surface area (TPSA) is 9.23 Å². The van der Waals surface area contributed by atoms with E-state index < -0.39 is 0 Å². The van der Waals surface area contributed by atoms with Crippen LogP contribution >= 0.6 is 0 Å². The molecule has 1 nitrogen and oxygen atoms in total. The Kier molecular flexibility index (Phi) is 2.70. The third kappa shape index (κ3) is 1.26. The van der Waals surface area contributed by atoms with Crippen molar-refractivity contribution in [2.75, 3.05) is 7.11 Å². The van der Waals surface area contributed by atoms with Crippen LogP contribution in [0.1, 0.15) is 44.2 Å². The first kappa shape index (κ1) is 14.6. The van der Waals surface area contributed by atoms with Crippen LogP contribution in [0.3, 0.4) is 0 Å². The highest BCUT2D eigenvalue weighted by atomic mass is 16.5. The van der Waals surface area contributed by atoms with Gasteiger partial charge in [0.1, 0.15) is 5.75 Å². The van der Waals surface area contributed by atoms with Crippen molar-refractivity contribution in [3.63, 3.8) is 0 Å². The Labute approximate surface area is 145 Å². The van der Waals surface area contributed by atoms with Crippen LogP contribution in [0.2, 0.25) is 0 Å². The largest absolute Gasteiger partial charge is 0.497 e. The average molecular weight is 318 g/mol.